The van der Waals surface area contributed by atoms with Crippen molar-refractivity contribution in [1.82, 2.24) is 0 Å². The van der Waals surface area contributed by atoms with Crippen molar-refractivity contribution in [2.75, 3.05) is 17.2 Å². The fraction of sp³-hybridized carbons (Fsp3) is 0.250. The van der Waals surface area contributed by atoms with Gasteiger partial charge in [0, 0.05) is 0 Å². The first-order valence-electron chi connectivity index (χ1n) is 12.2. The molecule has 0 aliphatic heterocycles. The van der Waals surface area contributed by atoms with Crippen LogP contribution in [0.4, 0.5) is 17.1 Å². The van der Waals surface area contributed by atoms with Gasteiger partial charge in [0.25, 0.3) is 0 Å². The number of anilines is 3. The Labute approximate surface area is 227 Å². The number of nitrogens with two attached hydrogens (primary N) is 3. The zero-order valence-corrected chi connectivity index (χ0v) is 24.9. The van der Waals surface area contributed by atoms with Gasteiger partial charge in [0.1, 0.15) is 0 Å². The minimum atomic E-state index is -5.31. The molecule has 0 heterocycles. The molecule has 0 aliphatic carbocycles. The van der Waals surface area contributed by atoms with Crippen molar-refractivity contribution in [3.63, 3.8) is 0 Å². The van der Waals surface area contributed by atoms with Gasteiger partial charge in [-0.15, -0.1) is 0 Å². The van der Waals surface area contributed by atoms with Crippen molar-refractivity contribution >= 4 is 54.6 Å². The molecular weight excluding hydrogens is 593 g/mol. The summed E-state index contributed by atoms with van der Waals surface area (Å²) in [6, 6.07) is 14.1. The molecule has 0 saturated carbocycles. The first-order valence-corrected chi connectivity index (χ1v) is 17.7. The van der Waals surface area contributed by atoms with Gasteiger partial charge in [0.15, 0.2) is 0 Å². The van der Waals surface area contributed by atoms with Gasteiger partial charge in [-0.25, -0.2) is 0 Å². The maximum absolute atomic E-state index is 13.3. The van der Waals surface area contributed by atoms with E-state index in [4.69, 9.17) is 26.4 Å². The third kappa shape index (κ3) is 6.97. The number of carbonyl (C=O) groups is 3. The molecule has 0 radical (unpaired) electrons. The van der Waals surface area contributed by atoms with Crippen LogP contribution in [-0.4, -0.2) is 37.5 Å². The van der Waals surface area contributed by atoms with Crippen LogP contribution in [0.2, 0.25) is 4.44 Å². The van der Waals surface area contributed by atoms with Gasteiger partial charge in [-0.05, 0) is 0 Å². The molecule has 200 valence electrons. The topological polar surface area (TPSA) is 157 Å². The zero-order chi connectivity index (χ0) is 28.0. The molecule has 38 heavy (non-hydrogen) atoms. The third-order valence-electron chi connectivity index (χ3n) is 6.13. The van der Waals surface area contributed by atoms with Crippen LogP contribution in [0, 0.1) is 20.8 Å². The standard InChI is InChI=1S/3C8H9NO2.C4H9.Sn/c3*1-5-2-3-6(8(10)11)4-7(5)9;1-3-4-2;/h3*2-4H,9H2,1H3,(H,10,11);1,3-4H2,2H3;/q;;;;+3/p-3. The van der Waals surface area contributed by atoms with Crippen molar-refractivity contribution in [3.05, 3.63) is 88.0 Å². The van der Waals surface area contributed by atoms with Crippen molar-refractivity contribution in [2.24, 2.45) is 0 Å². The maximum atomic E-state index is 13.3. The summed E-state index contributed by atoms with van der Waals surface area (Å²) < 4.78 is 17.7. The minimum absolute atomic E-state index is 0.0957. The second kappa shape index (κ2) is 12.2. The summed E-state index contributed by atoms with van der Waals surface area (Å²) >= 11 is -5.31. The van der Waals surface area contributed by atoms with Crippen LogP contribution >= 0.6 is 0 Å². The molecule has 9 nitrogen and oxygen atoms in total. The molecule has 3 aromatic rings. The molecular formula is C28H33N3O6Sn. The number of unbranched alkanes of at least 4 members (excludes halogenated alkanes) is 1. The van der Waals surface area contributed by atoms with E-state index >= 15 is 0 Å². The summed E-state index contributed by atoms with van der Waals surface area (Å²) in [5, 5.41) is 0. The molecule has 0 fully saturated rings. The van der Waals surface area contributed by atoms with Gasteiger partial charge < -0.3 is 0 Å². The van der Waals surface area contributed by atoms with E-state index in [2.05, 4.69) is 0 Å². The second-order valence-corrected chi connectivity index (χ2v) is 16.2. The second-order valence-electron chi connectivity index (χ2n) is 9.17. The van der Waals surface area contributed by atoms with E-state index in [1.807, 2.05) is 6.92 Å². The normalized spacial score (nSPS) is 11.1. The molecule has 6 N–H and O–H groups in total. The number of nitrogen functional groups attached to an aromatic ring is 3. The molecule has 0 atom stereocenters. The van der Waals surface area contributed by atoms with Crippen molar-refractivity contribution < 1.29 is 23.6 Å². The van der Waals surface area contributed by atoms with E-state index in [0.717, 1.165) is 16.7 Å². The first-order chi connectivity index (χ1) is 17.9. The Bertz CT molecular complexity index is 1220. The number of aryl methyl sites for hydroxylation is 3. The summed E-state index contributed by atoms with van der Waals surface area (Å²) in [6.45, 7) is 7.34. The van der Waals surface area contributed by atoms with E-state index in [9.17, 15) is 14.4 Å². The summed E-state index contributed by atoms with van der Waals surface area (Å²) in [6.07, 6.45) is 1.17. The van der Waals surface area contributed by atoms with E-state index in [1.165, 1.54) is 18.2 Å². The van der Waals surface area contributed by atoms with Gasteiger partial charge in [-0.1, -0.05) is 0 Å². The first kappa shape index (κ1) is 28.8. The third-order valence-corrected chi connectivity index (χ3v) is 13.1. The molecule has 0 amide bonds. The van der Waals surface area contributed by atoms with Gasteiger partial charge in [0.2, 0.25) is 0 Å². The molecule has 3 aromatic carbocycles. The molecule has 0 aliphatic rings. The predicted octanol–water partition coefficient (Wildman–Crippen LogP) is 4.97. The Kier molecular flexibility index (Phi) is 9.26. The Morgan fingerprint density at radius 3 is 1.21 bits per heavy atom. The molecule has 0 aromatic heterocycles. The van der Waals surface area contributed by atoms with Gasteiger partial charge >= 0.3 is 228 Å². The molecule has 3 rings (SSSR count). The predicted molar refractivity (Wildman–Crippen MR) is 148 cm³/mol. The number of hydrogen-bond acceptors (Lipinski definition) is 9. The molecule has 0 spiro atoms. The van der Waals surface area contributed by atoms with Crippen LogP contribution in [0.3, 0.4) is 0 Å². The number of carbonyl (C=O) groups excluding carboxylic acids is 3. The SMILES string of the molecule is CCC[CH2][Sn]([O]C(=O)c1ccc(C)c(N)c1)([O]C(=O)c1ccc(C)c(N)c1)[O]C(=O)c1ccc(C)c(N)c1. The number of hydrogen-bond donors (Lipinski definition) is 3. The number of rotatable bonds is 9. The van der Waals surface area contributed by atoms with Crippen molar-refractivity contribution in [2.45, 2.75) is 45.0 Å². The summed E-state index contributed by atoms with van der Waals surface area (Å²) in [5.41, 5.74) is 21.9. The average molecular weight is 626 g/mol. The Morgan fingerprint density at radius 2 is 0.947 bits per heavy atom. The van der Waals surface area contributed by atoms with Crippen LogP contribution in [-0.2, 0) is 9.22 Å². The van der Waals surface area contributed by atoms with Crippen LogP contribution in [0.5, 0.6) is 0 Å². The van der Waals surface area contributed by atoms with Crippen molar-refractivity contribution in [3.8, 4) is 0 Å². The summed E-state index contributed by atoms with van der Waals surface area (Å²) in [5.74, 6) is -2.39. The van der Waals surface area contributed by atoms with E-state index < -0.39 is 37.5 Å². The van der Waals surface area contributed by atoms with Gasteiger partial charge in [-0.2, -0.15) is 0 Å². The Balaban J connectivity index is 2.03. The monoisotopic (exact) mass is 627 g/mol. The van der Waals surface area contributed by atoms with Crippen molar-refractivity contribution in [1.29, 1.82) is 0 Å². The molecule has 0 unspecified atom stereocenters. The van der Waals surface area contributed by atoms with E-state index in [0.29, 0.717) is 29.9 Å². The molecule has 0 saturated heterocycles. The molecule has 0 bridgehead atoms. The van der Waals surface area contributed by atoms with Crippen LogP contribution < -0.4 is 17.2 Å². The van der Waals surface area contributed by atoms with Crippen LogP contribution in [0.15, 0.2) is 54.6 Å². The number of benzene rings is 3. The quantitative estimate of drug-likeness (QED) is 0.221. The van der Waals surface area contributed by atoms with Crippen LogP contribution in [0.1, 0.15) is 67.5 Å². The average Bonchev–Trinajstić information content (AvgIpc) is 2.87. The summed E-state index contributed by atoms with van der Waals surface area (Å²) in [4.78, 5) is 39.8. The van der Waals surface area contributed by atoms with Gasteiger partial charge in [0.05, 0.1) is 0 Å². The molecule has 10 heteroatoms. The van der Waals surface area contributed by atoms with Gasteiger partial charge in [-0.3, -0.25) is 0 Å². The van der Waals surface area contributed by atoms with E-state index in [1.54, 1.807) is 57.2 Å². The summed E-state index contributed by atoms with van der Waals surface area (Å²) in [7, 11) is 0. The fourth-order valence-electron chi connectivity index (χ4n) is 3.51. The van der Waals surface area contributed by atoms with Crippen LogP contribution in [0.25, 0.3) is 0 Å². The fourth-order valence-corrected chi connectivity index (χ4v) is 10.4. The van der Waals surface area contributed by atoms with E-state index in [-0.39, 0.29) is 21.1 Å². The Hall–Kier alpha value is -3.73. The Morgan fingerprint density at radius 1 is 0.632 bits per heavy atom. The zero-order valence-electron chi connectivity index (χ0n) is 22.0.